The van der Waals surface area contributed by atoms with Crippen LogP contribution >= 0.6 is 0 Å². The number of nitrogens with one attached hydrogen (secondary N) is 1. The van der Waals surface area contributed by atoms with Gasteiger partial charge in [-0.1, -0.05) is 20.3 Å². The van der Waals surface area contributed by atoms with Crippen molar-refractivity contribution in [2.75, 3.05) is 6.54 Å². The summed E-state index contributed by atoms with van der Waals surface area (Å²) < 4.78 is 0. The molecule has 0 aliphatic carbocycles. The molecule has 2 unspecified atom stereocenters. The number of hydrogen-bond donors (Lipinski definition) is 2. The highest BCUT2D eigenvalue weighted by Gasteiger charge is 2.40. The zero-order valence-electron chi connectivity index (χ0n) is 11.7. The maximum atomic E-state index is 12.1. The van der Waals surface area contributed by atoms with Crippen LogP contribution in [0.5, 0.6) is 0 Å². The molecule has 0 aromatic carbocycles. The lowest BCUT2D eigenvalue weighted by molar-refractivity contribution is -0.142. The fourth-order valence-corrected chi connectivity index (χ4v) is 2.60. The number of hydrogen-bond acceptors (Lipinski definition) is 2. The number of likely N-dealkylation sites (tertiary alicyclic amines) is 1. The number of carbonyl (C=O) groups is 2. The van der Waals surface area contributed by atoms with E-state index in [1.165, 1.54) is 4.90 Å². The molecule has 104 valence electrons. The second kappa shape index (κ2) is 5.59. The number of carboxylic acid groups (broad SMARTS) is 1. The number of carbonyl (C=O) groups excluding carboxylic acids is 1. The summed E-state index contributed by atoms with van der Waals surface area (Å²) in [4.78, 5) is 24.8. The maximum Gasteiger partial charge on any atom is 0.326 e. The number of urea groups is 1. The normalized spacial score (nSPS) is 24.1. The molecule has 0 spiro atoms. The van der Waals surface area contributed by atoms with Crippen LogP contribution in [0.4, 0.5) is 4.79 Å². The summed E-state index contributed by atoms with van der Waals surface area (Å²) in [6.45, 7) is 8.38. The monoisotopic (exact) mass is 256 g/mol. The van der Waals surface area contributed by atoms with Gasteiger partial charge in [0.1, 0.15) is 6.04 Å². The Morgan fingerprint density at radius 3 is 2.56 bits per heavy atom. The molecule has 1 aliphatic rings. The third-order valence-corrected chi connectivity index (χ3v) is 3.53. The van der Waals surface area contributed by atoms with E-state index in [1.54, 1.807) is 0 Å². The molecule has 0 aromatic heterocycles. The van der Waals surface area contributed by atoms with E-state index < -0.39 is 12.0 Å². The van der Waals surface area contributed by atoms with Gasteiger partial charge in [-0.15, -0.1) is 0 Å². The molecule has 2 atom stereocenters. The van der Waals surface area contributed by atoms with Crippen molar-refractivity contribution in [2.45, 2.75) is 58.5 Å². The van der Waals surface area contributed by atoms with E-state index in [9.17, 15) is 14.7 Å². The molecule has 0 saturated carbocycles. The molecule has 18 heavy (non-hydrogen) atoms. The van der Waals surface area contributed by atoms with E-state index in [0.29, 0.717) is 6.54 Å². The van der Waals surface area contributed by atoms with E-state index in [4.69, 9.17) is 0 Å². The second-order valence-electron chi connectivity index (χ2n) is 5.81. The van der Waals surface area contributed by atoms with Crippen molar-refractivity contribution in [2.24, 2.45) is 5.92 Å². The van der Waals surface area contributed by atoms with Gasteiger partial charge in [-0.2, -0.15) is 0 Å². The summed E-state index contributed by atoms with van der Waals surface area (Å²) in [6.07, 6.45) is 2.60. The van der Waals surface area contributed by atoms with Gasteiger partial charge in [0, 0.05) is 12.1 Å². The van der Waals surface area contributed by atoms with Crippen LogP contribution in [0.25, 0.3) is 0 Å². The molecule has 1 saturated heterocycles. The van der Waals surface area contributed by atoms with Gasteiger partial charge < -0.3 is 15.3 Å². The first-order chi connectivity index (χ1) is 8.28. The molecule has 0 radical (unpaired) electrons. The fourth-order valence-electron chi connectivity index (χ4n) is 2.60. The summed E-state index contributed by atoms with van der Waals surface area (Å²) >= 11 is 0. The first kappa shape index (κ1) is 14.8. The SMILES string of the molecule is CCCC(C)(C)NC(=O)N1CCC(C)C1C(=O)O. The van der Waals surface area contributed by atoms with Crippen molar-refractivity contribution in [3.63, 3.8) is 0 Å². The van der Waals surface area contributed by atoms with Crippen molar-refractivity contribution >= 4 is 12.0 Å². The molecule has 2 amide bonds. The molecule has 1 aliphatic heterocycles. The molecule has 2 N–H and O–H groups in total. The van der Waals surface area contributed by atoms with Crippen LogP contribution in [0.2, 0.25) is 0 Å². The maximum absolute atomic E-state index is 12.1. The molecule has 5 nitrogen and oxygen atoms in total. The number of nitrogens with zero attached hydrogens (tertiary/aromatic N) is 1. The first-order valence-electron chi connectivity index (χ1n) is 6.60. The van der Waals surface area contributed by atoms with Crippen LogP contribution < -0.4 is 5.32 Å². The minimum atomic E-state index is -0.913. The summed E-state index contributed by atoms with van der Waals surface area (Å²) in [6, 6.07) is -0.951. The number of amides is 2. The van der Waals surface area contributed by atoms with Crippen molar-refractivity contribution in [3.05, 3.63) is 0 Å². The highest BCUT2D eigenvalue weighted by Crippen LogP contribution is 2.24. The van der Waals surface area contributed by atoms with E-state index in [0.717, 1.165) is 19.3 Å². The van der Waals surface area contributed by atoms with Crippen molar-refractivity contribution in [1.82, 2.24) is 10.2 Å². The lowest BCUT2D eigenvalue weighted by atomic mass is 9.99. The Hall–Kier alpha value is -1.26. The molecule has 1 rings (SSSR count). The van der Waals surface area contributed by atoms with Gasteiger partial charge >= 0.3 is 12.0 Å². The van der Waals surface area contributed by atoms with Gasteiger partial charge in [-0.05, 0) is 32.6 Å². The fraction of sp³-hybridized carbons (Fsp3) is 0.846. The van der Waals surface area contributed by atoms with Crippen molar-refractivity contribution in [3.8, 4) is 0 Å². The minimum Gasteiger partial charge on any atom is -0.480 e. The van der Waals surface area contributed by atoms with Crippen molar-refractivity contribution < 1.29 is 14.7 Å². The third kappa shape index (κ3) is 3.37. The Kier molecular flexibility index (Phi) is 4.59. The van der Waals surface area contributed by atoms with Gasteiger partial charge in [0.15, 0.2) is 0 Å². The highest BCUT2D eigenvalue weighted by molar-refractivity contribution is 5.83. The molecular formula is C13H24N2O3. The molecule has 5 heteroatoms. The van der Waals surface area contributed by atoms with Gasteiger partial charge in [0.2, 0.25) is 0 Å². The van der Waals surface area contributed by atoms with E-state index in [-0.39, 0.29) is 17.5 Å². The Labute approximate surface area is 109 Å². The van der Waals surface area contributed by atoms with Crippen LogP contribution in [0, 0.1) is 5.92 Å². The molecule has 0 aromatic rings. The number of aliphatic carboxylic acids is 1. The van der Waals surface area contributed by atoms with Crippen LogP contribution in [0.1, 0.15) is 47.0 Å². The van der Waals surface area contributed by atoms with E-state index in [1.807, 2.05) is 20.8 Å². The Morgan fingerprint density at radius 2 is 2.06 bits per heavy atom. The smallest absolute Gasteiger partial charge is 0.326 e. The molecule has 1 fully saturated rings. The van der Waals surface area contributed by atoms with Gasteiger partial charge in [-0.25, -0.2) is 9.59 Å². The summed E-state index contributed by atoms with van der Waals surface area (Å²) in [5, 5.41) is 12.1. The minimum absolute atomic E-state index is 0.0162. The van der Waals surface area contributed by atoms with Crippen molar-refractivity contribution in [1.29, 1.82) is 0 Å². The lowest BCUT2D eigenvalue weighted by Crippen LogP contribution is -2.53. The predicted molar refractivity (Wildman–Crippen MR) is 69.4 cm³/mol. The molecular weight excluding hydrogens is 232 g/mol. The van der Waals surface area contributed by atoms with Gasteiger partial charge in [0.25, 0.3) is 0 Å². The van der Waals surface area contributed by atoms with Gasteiger partial charge in [0.05, 0.1) is 0 Å². The molecule has 0 bridgehead atoms. The van der Waals surface area contributed by atoms with E-state index in [2.05, 4.69) is 12.2 Å². The zero-order chi connectivity index (χ0) is 13.9. The van der Waals surface area contributed by atoms with Crippen LogP contribution in [-0.4, -0.2) is 40.1 Å². The Morgan fingerprint density at radius 1 is 1.44 bits per heavy atom. The lowest BCUT2D eigenvalue weighted by Gasteiger charge is -2.31. The van der Waals surface area contributed by atoms with Crippen LogP contribution in [0.3, 0.4) is 0 Å². The number of carboxylic acids is 1. The average molecular weight is 256 g/mol. The quantitative estimate of drug-likeness (QED) is 0.809. The predicted octanol–water partition coefficient (Wildman–Crippen LogP) is 2.07. The van der Waals surface area contributed by atoms with Crippen LogP contribution in [0.15, 0.2) is 0 Å². The number of rotatable bonds is 4. The largest absolute Gasteiger partial charge is 0.480 e. The van der Waals surface area contributed by atoms with Crippen LogP contribution in [-0.2, 0) is 4.79 Å². The topological polar surface area (TPSA) is 69.6 Å². The third-order valence-electron chi connectivity index (χ3n) is 3.53. The molecule has 1 heterocycles. The zero-order valence-corrected chi connectivity index (χ0v) is 11.7. The summed E-state index contributed by atoms with van der Waals surface area (Å²) in [5.41, 5.74) is -0.291. The summed E-state index contributed by atoms with van der Waals surface area (Å²) in [5.74, 6) is -0.897. The second-order valence-corrected chi connectivity index (χ2v) is 5.81. The summed E-state index contributed by atoms with van der Waals surface area (Å²) in [7, 11) is 0. The van der Waals surface area contributed by atoms with E-state index >= 15 is 0 Å². The standard InChI is InChI=1S/C13H24N2O3/c1-5-7-13(3,4)14-12(18)15-8-6-9(2)10(15)11(16)17/h9-10H,5-8H2,1-4H3,(H,14,18)(H,16,17). The Balaban J connectivity index is 2.69. The Bertz CT molecular complexity index is 328. The van der Waals surface area contributed by atoms with Gasteiger partial charge in [-0.3, -0.25) is 0 Å². The highest BCUT2D eigenvalue weighted by atomic mass is 16.4. The first-order valence-corrected chi connectivity index (χ1v) is 6.60. The average Bonchev–Trinajstić information content (AvgIpc) is 2.59.